The fraction of sp³-hybridized carbons (Fsp3) is 0.368. The molecule has 1 fully saturated rings. The molecule has 7 heteroatoms. The number of hydrogen-bond acceptors (Lipinski definition) is 5. The lowest BCUT2D eigenvalue weighted by atomic mass is 10.2. The maximum Gasteiger partial charge on any atom is 0.224 e. The minimum absolute atomic E-state index is 0.190. The summed E-state index contributed by atoms with van der Waals surface area (Å²) < 4.78 is 1.80. The molecule has 26 heavy (non-hydrogen) atoms. The van der Waals surface area contributed by atoms with E-state index in [1.807, 2.05) is 35.4 Å². The molecule has 3 heterocycles. The molecule has 0 radical (unpaired) electrons. The molecule has 0 N–H and O–H groups in total. The van der Waals surface area contributed by atoms with Crippen LogP contribution >= 0.6 is 0 Å². The first-order valence-electron chi connectivity index (χ1n) is 9.01. The summed E-state index contributed by atoms with van der Waals surface area (Å²) in [6.45, 7) is 3.81. The zero-order valence-electron chi connectivity index (χ0n) is 14.7. The number of hydrogen-bond donors (Lipinski definition) is 0. The average Bonchev–Trinajstić information content (AvgIpc) is 3.08. The zero-order valence-corrected chi connectivity index (χ0v) is 14.7. The van der Waals surface area contributed by atoms with Crippen LogP contribution in [0.2, 0.25) is 0 Å². The minimum atomic E-state index is 0.190. The number of amides is 1. The lowest BCUT2D eigenvalue weighted by Crippen LogP contribution is -2.35. The third-order valence-electron chi connectivity index (χ3n) is 4.78. The fourth-order valence-corrected chi connectivity index (χ4v) is 3.42. The van der Waals surface area contributed by atoms with Gasteiger partial charge in [0, 0.05) is 56.9 Å². The van der Waals surface area contributed by atoms with Crippen molar-refractivity contribution in [2.24, 2.45) is 0 Å². The molecule has 3 aromatic rings. The summed E-state index contributed by atoms with van der Waals surface area (Å²) in [6.07, 6.45) is 6.66. The fourth-order valence-electron chi connectivity index (χ4n) is 3.42. The van der Waals surface area contributed by atoms with Crippen molar-refractivity contribution < 1.29 is 4.79 Å². The minimum Gasteiger partial charge on any atom is -0.354 e. The van der Waals surface area contributed by atoms with Crippen LogP contribution in [0.15, 0.2) is 49.1 Å². The first kappa shape index (κ1) is 16.5. The molecule has 7 nitrogen and oxygen atoms in total. The molecule has 1 amide bonds. The van der Waals surface area contributed by atoms with Crippen molar-refractivity contribution in [1.82, 2.24) is 24.6 Å². The molecule has 0 bridgehead atoms. The van der Waals surface area contributed by atoms with Gasteiger partial charge in [-0.2, -0.15) is 5.10 Å². The van der Waals surface area contributed by atoms with Crippen LogP contribution in [0.3, 0.4) is 0 Å². The Kier molecular flexibility index (Phi) is 4.77. The van der Waals surface area contributed by atoms with E-state index >= 15 is 0 Å². The van der Waals surface area contributed by atoms with E-state index in [1.165, 1.54) is 0 Å². The molecule has 0 aliphatic carbocycles. The lowest BCUT2D eigenvalue weighted by molar-refractivity contribution is -0.131. The molecule has 1 saturated heterocycles. The Balaban J connectivity index is 1.42. The average molecular weight is 350 g/mol. The topological polar surface area (TPSA) is 67.2 Å². The standard InChI is InChI=1S/C19H22N6O/c26-18(7-12-25-11-3-8-22-25)23-9-4-10-24(14-13-23)19-16-5-1-2-6-17(16)20-15-21-19/h1-3,5-6,8,11,15H,4,7,9-10,12-14H2. The normalized spacial score (nSPS) is 15.2. The van der Waals surface area contributed by atoms with Gasteiger partial charge in [0.05, 0.1) is 5.52 Å². The number of rotatable bonds is 4. The van der Waals surface area contributed by atoms with Crippen LogP contribution in [0.25, 0.3) is 10.9 Å². The third kappa shape index (κ3) is 3.51. The highest BCUT2D eigenvalue weighted by Crippen LogP contribution is 2.23. The summed E-state index contributed by atoms with van der Waals surface area (Å²) in [7, 11) is 0. The third-order valence-corrected chi connectivity index (χ3v) is 4.78. The first-order valence-corrected chi connectivity index (χ1v) is 9.01. The molecular weight excluding hydrogens is 328 g/mol. The first-order chi connectivity index (χ1) is 12.8. The largest absolute Gasteiger partial charge is 0.354 e. The molecule has 1 aliphatic heterocycles. The smallest absolute Gasteiger partial charge is 0.224 e. The van der Waals surface area contributed by atoms with Crippen LogP contribution in [-0.2, 0) is 11.3 Å². The highest BCUT2D eigenvalue weighted by molar-refractivity contribution is 5.89. The van der Waals surface area contributed by atoms with Crippen molar-refractivity contribution in [3.63, 3.8) is 0 Å². The second kappa shape index (κ2) is 7.51. The van der Waals surface area contributed by atoms with Gasteiger partial charge in [0.25, 0.3) is 0 Å². The maximum atomic E-state index is 12.5. The van der Waals surface area contributed by atoms with Gasteiger partial charge in [0.1, 0.15) is 12.1 Å². The van der Waals surface area contributed by atoms with E-state index in [4.69, 9.17) is 0 Å². The summed E-state index contributed by atoms with van der Waals surface area (Å²) in [4.78, 5) is 25.6. The van der Waals surface area contributed by atoms with Gasteiger partial charge in [-0.3, -0.25) is 9.48 Å². The number of para-hydroxylation sites is 1. The Morgan fingerprint density at radius 2 is 1.96 bits per heavy atom. The molecule has 0 unspecified atom stereocenters. The molecular formula is C19H22N6O. The van der Waals surface area contributed by atoms with Gasteiger partial charge in [-0.05, 0) is 24.6 Å². The number of nitrogens with zero attached hydrogens (tertiary/aromatic N) is 6. The van der Waals surface area contributed by atoms with E-state index in [1.54, 1.807) is 17.2 Å². The molecule has 2 aromatic heterocycles. The van der Waals surface area contributed by atoms with Crippen LogP contribution in [0.1, 0.15) is 12.8 Å². The SMILES string of the molecule is O=C(CCn1cccn1)N1CCCN(c2ncnc3ccccc23)CC1. The molecule has 0 saturated carbocycles. The van der Waals surface area contributed by atoms with Crippen LogP contribution < -0.4 is 4.90 Å². The van der Waals surface area contributed by atoms with Crippen molar-refractivity contribution >= 4 is 22.6 Å². The van der Waals surface area contributed by atoms with Crippen LogP contribution in [0.4, 0.5) is 5.82 Å². The summed E-state index contributed by atoms with van der Waals surface area (Å²) in [5, 5.41) is 5.22. The number of carbonyl (C=O) groups is 1. The van der Waals surface area contributed by atoms with E-state index in [0.29, 0.717) is 13.0 Å². The number of anilines is 1. The van der Waals surface area contributed by atoms with E-state index in [2.05, 4.69) is 26.0 Å². The molecule has 0 spiro atoms. The summed E-state index contributed by atoms with van der Waals surface area (Å²) >= 11 is 0. The van der Waals surface area contributed by atoms with Gasteiger partial charge in [-0.25, -0.2) is 9.97 Å². The highest BCUT2D eigenvalue weighted by Gasteiger charge is 2.21. The molecule has 0 atom stereocenters. The van der Waals surface area contributed by atoms with Crippen LogP contribution in [0, 0.1) is 0 Å². The zero-order chi connectivity index (χ0) is 17.8. The Bertz CT molecular complexity index is 873. The second-order valence-electron chi connectivity index (χ2n) is 6.45. The Morgan fingerprint density at radius 3 is 2.85 bits per heavy atom. The number of benzene rings is 1. The van der Waals surface area contributed by atoms with E-state index in [9.17, 15) is 4.79 Å². The van der Waals surface area contributed by atoms with Gasteiger partial charge in [0.15, 0.2) is 0 Å². The maximum absolute atomic E-state index is 12.5. The Hall–Kier alpha value is -2.96. The predicted octanol–water partition coefficient (Wildman–Crippen LogP) is 1.96. The monoisotopic (exact) mass is 350 g/mol. The van der Waals surface area contributed by atoms with Gasteiger partial charge in [-0.15, -0.1) is 0 Å². The highest BCUT2D eigenvalue weighted by atomic mass is 16.2. The second-order valence-corrected chi connectivity index (χ2v) is 6.45. The van der Waals surface area contributed by atoms with Crippen molar-refractivity contribution in [2.75, 3.05) is 31.1 Å². The Morgan fingerprint density at radius 1 is 1.04 bits per heavy atom. The molecule has 1 aromatic carbocycles. The summed E-state index contributed by atoms with van der Waals surface area (Å²) in [5.41, 5.74) is 0.953. The van der Waals surface area contributed by atoms with Crippen molar-refractivity contribution in [3.05, 3.63) is 49.1 Å². The van der Waals surface area contributed by atoms with E-state index in [0.717, 1.165) is 49.3 Å². The quantitative estimate of drug-likeness (QED) is 0.719. The van der Waals surface area contributed by atoms with Crippen molar-refractivity contribution in [2.45, 2.75) is 19.4 Å². The van der Waals surface area contributed by atoms with Gasteiger partial charge in [-0.1, -0.05) is 12.1 Å². The number of fused-ring (bicyclic) bond motifs is 1. The van der Waals surface area contributed by atoms with Crippen LogP contribution in [-0.4, -0.2) is 56.7 Å². The van der Waals surface area contributed by atoms with Gasteiger partial charge < -0.3 is 9.80 Å². The summed E-state index contributed by atoms with van der Waals surface area (Å²) in [5.74, 6) is 1.15. The van der Waals surface area contributed by atoms with E-state index < -0.39 is 0 Å². The van der Waals surface area contributed by atoms with Crippen LogP contribution in [0.5, 0.6) is 0 Å². The Labute approximate surface area is 152 Å². The summed E-state index contributed by atoms with van der Waals surface area (Å²) in [6, 6.07) is 9.94. The van der Waals surface area contributed by atoms with E-state index in [-0.39, 0.29) is 5.91 Å². The molecule has 134 valence electrons. The van der Waals surface area contributed by atoms with Gasteiger partial charge >= 0.3 is 0 Å². The number of aryl methyl sites for hydroxylation is 1. The lowest BCUT2D eigenvalue weighted by Gasteiger charge is -2.23. The molecule has 1 aliphatic rings. The number of aromatic nitrogens is 4. The molecule has 4 rings (SSSR count). The van der Waals surface area contributed by atoms with Crippen molar-refractivity contribution in [3.8, 4) is 0 Å². The van der Waals surface area contributed by atoms with Gasteiger partial charge in [0.2, 0.25) is 5.91 Å². The number of carbonyl (C=O) groups excluding carboxylic acids is 1. The predicted molar refractivity (Wildman–Crippen MR) is 99.8 cm³/mol. The van der Waals surface area contributed by atoms with Crippen molar-refractivity contribution in [1.29, 1.82) is 0 Å².